The molecule has 16 heavy (non-hydrogen) atoms. The molecule has 1 aromatic rings. The predicted octanol–water partition coefficient (Wildman–Crippen LogP) is 2.99. The molecule has 1 aliphatic carbocycles. The summed E-state index contributed by atoms with van der Waals surface area (Å²) in [5.41, 5.74) is 8.70. The van der Waals surface area contributed by atoms with E-state index in [0.29, 0.717) is 12.0 Å². The van der Waals surface area contributed by atoms with Crippen LogP contribution in [0.15, 0.2) is 18.2 Å². The van der Waals surface area contributed by atoms with Crippen LogP contribution in [-0.2, 0) is 0 Å². The largest absolute Gasteiger partial charge is 0.496 e. The second-order valence-electron chi connectivity index (χ2n) is 4.87. The zero-order valence-corrected chi connectivity index (χ0v) is 10.2. The van der Waals surface area contributed by atoms with E-state index in [2.05, 4.69) is 25.1 Å². The molecule has 0 heterocycles. The van der Waals surface area contributed by atoms with Gasteiger partial charge in [-0.15, -0.1) is 0 Å². The van der Waals surface area contributed by atoms with E-state index in [1.54, 1.807) is 7.11 Å². The van der Waals surface area contributed by atoms with Gasteiger partial charge in [0.15, 0.2) is 0 Å². The Morgan fingerprint density at radius 2 is 2.12 bits per heavy atom. The molecule has 0 aromatic heterocycles. The second-order valence-corrected chi connectivity index (χ2v) is 4.87. The molecule has 2 rings (SSSR count). The highest BCUT2D eigenvalue weighted by Gasteiger charge is 2.23. The van der Waals surface area contributed by atoms with E-state index in [1.807, 2.05) is 0 Å². The number of benzene rings is 1. The third kappa shape index (κ3) is 2.38. The maximum Gasteiger partial charge on any atom is 0.122 e. The summed E-state index contributed by atoms with van der Waals surface area (Å²) >= 11 is 0. The fraction of sp³-hybridized carbons (Fsp3) is 0.571. The van der Waals surface area contributed by atoms with Crippen LogP contribution in [0.25, 0.3) is 0 Å². The lowest BCUT2D eigenvalue weighted by Gasteiger charge is -2.28. The summed E-state index contributed by atoms with van der Waals surface area (Å²) in [6.45, 7) is 2.13. The highest BCUT2D eigenvalue weighted by molar-refractivity contribution is 5.39. The van der Waals surface area contributed by atoms with Crippen LogP contribution in [0.4, 0.5) is 0 Å². The van der Waals surface area contributed by atoms with Crippen molar-refractivity contribution in [2.24, 2.45) is 5.73 Å². The van der Waals surface area contributed by atoms with Crippen LogP contribution in [-0.4, -0.2) is 13.2 Å². The standard InChI is InChI=1S/C14H21NO/c1-10-6-7-14(16-2)13(8-10)11-4-3-5-12(15)9-11/h6-8,11-12H,3-5,9,15H2,1-2H3. The van der Waals surface area contributed by atoms with E-state index in [9.17, 15) is 0 Å². The molecule has 1 fully saturated rings. The van der Waals surface area contributed by atoms with Crippen LogP contribution in [0.1, 0.15) is 42.7 Å². The van der Waals surface area contributed by atoms with Crippen molar-refractivity contribution in [1.29, 1.82) is 0 Å². The minimum Gasteiger partial charge on any atom is -0.496 e. The molecule has 2 unspecified atom stereocenters. The zero-order chi connectivity index (χ0) is 11.5. The van der Waals surface area contributed by atoms with Crippen molar-refractivity contribution >= 4 is 0 Å². The molecule has 2 nitrogen and oxygen atoms in total. The number of hydrogen-bond acceptors (Lipinski definition) is 2. The lowest BCUT2D eigenvalue weighted by molar-refractivity contribution is 0.367. The molecule has 2 atom stereocenters. The highest BCUT2D eigenvalue weighted by atomic mass is 16.5. The van der Waals surface area contributed by atoms with Crippen molar-refractivity contribution in [2.45, 2.75) is 44.6 Å². The summed E-state index contributed by atoms with van der Waals surface area (Å²) in [6, 6.07) is 6.79. The van der Waals surface area contributed by atoms with E-state index < -0.39 is 0 Å². The molecule has 2 heteroatoms. The van der Waals surface area contributed by atoms with Crippen molar-refractivity contribution in [3.05, 3.63) is 29.3 Å². The lowest BCUT2D eigenvalue weighted by Crippen LogP contribution is -2.27. The van der Waals surface area contributed by atoms with Crippen LogP contribution < -0.4 is 10.5 Å². The van der Waals surface area contributed by atoms with Gasteiger partial charge in [0.2, 0.25) is 0 Å². The first kappa shape index (κ1) is 11.5. The molecule has 0 aliphatic heterocycles. The van der Waals surface area contributed by atoms with Gasteiger partial charge in [0, 0.05) is 6.04 Å². The van der Waals surface area contributed by atoms with Crippen molar-refractivity contribution in [1.82, 2.24) is 0 Å². The number of methoxy groups -OCH3 is 1. The van der Waals surface area contributed by atoms with E-state index in [4.69, 9.17) is 10.5 Å². The van der Waals surface area contributed by atoms with Crippen LogP contribution in [0, 0.1) is 6.92 Å². The molecule has 1 aliphatic rings. The molecule has 0 amide bonds. The third-order valence-corrected chi connectivity index (χ3v) is 3.54. The van der Waals surface area contributed by atoms with E-state index >= 15 is 0 Å². The van der Waals surface area contributed by atoms with E-state index in [0.717, 1.165) is 12.2 Å². The number of hydrogen-bond donors (Lipinski definition) is 1. The maximum absolute atomic E-state index is 6.05. The zero-order valence-electron chi connectivity index (χ0n) is 10.2. The predicted molar refractivity (Wildman–Crippen MR) is 66.9 cm³/mol. The van der Waals surface area contributed by atoms with Crippen LogP contribution in [0.2, 0.25) is 0 Å². The van der Waals surface area contributed by atoms with Gasteiger partial charge in [0.25, 0.3) is 0 Å². The van der Waals surface area contributed by atoms with Gasteiger partial charge in [0.1, 0.15) is 5.75 Å². The van der Waals surface area contributed by atoms with Gasteiger partial charge >= 0.3 is 0 Å². The van der Waals surface area contributed by atoms with Gasteiger partial charge in [-0.1, -0.05) is 24.1 Å². The van der Waals surface area contributed by atoms with Crippen molar-refractivity contribution in [3.8, 4) is 5.75 Å². The number of aryl methyl sites for hydroxylation is 1. The molecule has 1 aromatic carbocycles. The summed E-state index contributed by atoms with van der Waals surface area (Å²) in [5, 5.41) is 0. The normalized spacial score (nSPS) is 25.4. The molecule has 0 bridgehead atoms. The SMILES string of the molecule is COc1ccc(C)cc1C1CCCC(N)C1. The number of ether oxygens (including phenoxy) is 1. The van der Waals surface area contributed by atoms with Crippen LogP contribution >= 0.6 is 0 Å². The van der Waals surface area contributed by atoms with Gasteiger partial charge in [-0.2, -0.15) is 0 Å². The summed E-state index contributed by atoms with van der Waals surface area (Å²) in [4.78, 5) is 0. The monoisotopic (exact) mass is 219 g/mol. The highest BCUT2D eigenvalue weighted by Crippen LogP contribution is 2.37. The Bertz CT molecular complexity index is 362. The Morgan fingerprint density at radius 1 is 1.31 bits per heavy atom. The molecule has 0 spiro atoms. The van der Waals surface area contributed by atoms with Crippen molar-refractivity contribution in [3.63, 3.8) is 0 Å². The Hall–Kier alpha value is -1.02. The molecular formula is C14H21NO. The first-order valence-corrected chi connectivity index (χ1v) is 6.11. The van der Waals surface area contributed by atoms with Crippen LogP contribution in [0.5, 0.6) is 5.75 Å². The van der Waals surface area contributed by atoms with Gasteiger partial charge in [-0.3, -0.25) is 0 Å². The quantitative estimate of drug-likeness (QED) is 0.830. The summed E-state index contributed by atoms with van der Waals surface area (Å²) in [5.74, 6) is 1.60. The smallest absolute Gasteiger partial charge is 0.122 e. The third-order valence-electron chi connectivity index (χ3n) is 3.54. The molecule has 2 N–H and O–H groups in total. The number of rotatable bonds is 2. The van der Waals surface area contributed by atoms with E-state index in [1.165, 1.54) is 30.4 Å². The fourth-order valence-corrected chi connectivity index (χ4v) is 2.68. The van der Waals surface area contributed by atoms with Crippen LogP contribution in [0.3, 0.4) is 0 Å². The first-order valence-electron chi connectivity index (χ1n) is 6.11. The Balaban J connectivity index is 2.26. The summed E-state index contributed by atoms with van der Waals surface area (Å²) in [6.07, 6.45) is 4.75. The second kappa shape index (κ2) is 4.88. The maximum atomic E-state index is 6.05. The molecule has 0 saturated heterocycles. The molecule has 1 saturated carbocycles. The average Bonchev–Trinajstić information content (AvgIpc) is 2.29. The van der Waals surface area contributed by atoms with Gasteiger partial charge in [-0.05, 0) is 43.7 Å². The molecule has 0 radical (unpaired) electrons. The minimum absolute atomic E-state index is 0.365. The fourth-order valence-electron chi connectivity index (χ4n) is 2.68. The summed E-state index contributed by atoms with van der Waals surface area (Å²) in [7, 11) is 1.75. The van der Waals surface area contributed by atoms with Crippen molar-refractivity contribution < 1.29 is 4.74 Å². The lowest BCUT2D eigenvalue weighted by atomic mass is 9.81. The summed E-state index contributed by atoms with van der Waals surface area (Å²) < 4.78 is 5.45. The number of nitrogens with two attached hydrogens (primary N) is 1. The topological polar surface area (TPSA) is 35.2 Å². The van der Waals surface area contributed by atoms with Gasteiger partial charge in [0.05, 0.1) is 7.11 Å². The molecular weight excluding hydrogens is 198 g/mol. The first-order chi connectivity index (χ1) is 7.70. The average molecular weight is 219 g/mol. The Morgan fingerprint density at radius 3 is 2.81 bits per heavy atom. The molecule has 88 valence electrons. The van der Waals surface area contributed by atoms with E-state index in [-0.39, 0.29) is 0 Å². The van der Waals surface area contributed by atoms with Gasteiger partial charge in [-0.25, -0.2) is 0 Å². The minimum atomic E-state index is 0.365. The Labute approximate surface area is 97.8 Å². The van der Waals surface area contributed by atoms with Crippen molar-refractivity contribution in [2.75, 3.05) is 7.11 Å². The Kier molecular flexibility index (Phi) is 3.49. The van der Waals surface area contributed by atoms with Gasteiger partial charge < -0.3 is 10.5 Å².